The quantitative estimate of drug-likeness (QED) is 0.352. The van der Waals surface area contributed by atoms with E-state index in [-0.39, 0.29) is 31.4 Å². The fourth-order valence-corrected chi connectivity index (χ4v) is 7.72. The molecule has 2 heterocycles. The Morgan fingerprint density at radius 3 is 2.27 bits per heavy atom. The number of carbonyl (C=O) groups is 4. The van der Waals surface area contributed by atoms with Crippen molar-refractivity contribution < 1.29 is 29.0 Å². The molecule has 1 saturated carbocycles. The summed E-state index contributed by atoms with van der Waals surface area (Å²) in [5.41, 5.74) is 0.704. The van der Waals surface area contributed by atoms with Crippen LogP contribution in [0.1, 0.15) is 45.1 Å². The van der Waals surface area contributed by atoms with Crippen LogP contribution in [0.15, 0.2) is 35.9 Å². The Balaban J connectivity index is 1.65. The summed E-state index contributed by atoms with van der Waals surface area (Å²) in [5, 5.41) is 9.05. The molecule has 2 aliphatic heterocycles. The van der Waals surface area contributed by atoms with E-state index in [1.807, 2.05) is 26.8 Å². The summed E-state index contributed by atoms with van der Waals surface area (Å²) >= 11 is 14.3. The van der Waals surface area contributed by atoms with Gasteiger partial charge in [0.1, 0.15) is 12.4 Å². The number of alkyl halides is 2. The minimum Gasteiger partial charge on any atom is -0.491 e. The zero-order valence-electron chi connectivity index (χ0n) is 21.2. The molecule has 0 unspecified atom stereocenters. The van der Waals surface area contributed by atoms with Gasteiger partial charge in [0.2, 0.25) is 11.8 Å². The van der Waals surface area contributed by atoms with Crippen LogP contribution in [0.3, 0.4) is 0 Å². The van der Waals surface area contributed by atoms with E-state index in [1.165, 1.54) is 11.9 Å². The number of imide groups is 2. The lowest BCUT2D eigenvalue weighted by Gasteiger charge is -2.50. The summed E-state index contributed by atoms with van der Waals surface area (Å²) in [6.45, 7) is 5.45. The normalized spacial score (nSPS) is 35.4. The molecule has 198 valence electrons. The molecule has 1 N–H and O–H groups in total. The van der Waals surface area contributed by atoms with Gasteiger partial charge in [0, 0.05) is 18.5 Å². The SMILES string of the molecule is CN1C(=O)[C@]2(Cl)C[C@@H]3C(=CC[C@@H]4C(=O)N(C(C)(C)C)C(=O)[C@@H]43)[C@H](c3ccc(OCCO)cc3)[C@]2(Cl)C1=O. The fourth-order valence-electron chi connectivity index (χ4n) is 6.70. The molecule has 0 bridgehead atoms. The summed E-state index contributed by atoms with van der Waals surface area (Å²) in [6, 6.07) is 6.92. The van der Waals surface area contributed by atoms with Gasteiger partial charge in [-0.05, 0) is 57.2 Å². The Hall–Kier alpha value is -2.42. The van der Waals surface area contributed by atoms with Gasteiger partial charge >= 0.3 is 0 Å². The van der Waals surface area contributed by atoms with E-state index in [1.54, 1.807) is 24.3 Å². The summed E-state index contributed by atoms with van der Waals surface area (Å²) in [6.07, 6.45) is 2.23. The van der Waals surface area contributed by atoms with Crippen LogP contribution < -0.4 is 4.74 Å². The van der Waals surface area contributed by atoms with Gasteiger partial charge in [0.05, 0.1) is 18.4 Å². The number of fused-ring (bicyclic) bond motifs is 4. The highest BCUT2D eigenvalue weighted by molar-refractivity contribution is 6.53. The smallest absolute Gasteiger partial charge is 0.253 e. The minimum absolute atomic E-state index is 0.0227. The van der Waals surface area contributed by atoms with Crippen molar-refractivity contribution in [2.45, 2.75) is 54.8 Å². The van der Waals surface area contributed by atoms with Gasteiger partial charge in [-0.1, -0.05) is 23.8 Å². The summed E-state index contributed by atoms with van der Waals surface area (Å²) in [7, 11) is 1.37. The number of hydrogen-bond acceptors (Lipinski definition) is 6. The summed E-state index contributed by atoms with van der Waals surface area (Å²) in [4.78, 5) is 52.8. The van der Waals surface area contributed by atoms with Crippen molar-refractivity contribution in [3.63, 3.8) is 0 Å². The second-order valence-electron chi connectivity index (χ2n) is 11.3. The third-order valence-electron chi connectivity index (χ3n) is 8.26. The predicted octanol–water partition coefficient (Wildman–Crippen LogP) is 2.84. The van der Waals surface area contributed by atoms with Crippen LogP contribution in [0.25, 0.3) is 0 Å². The molecule has 10 heteroatoms. The third-order valence-corrected chi connectivity index (χ3v) is 9.67. The van der Waals surface area contributed by atoms with Crippen molar-refractivity contribution in [3.8, 4) is 5.75 Å². The average Bonchev–Trinajstić information content (AvgIpc) is 3.18. The maximum Gasteiger partial charge on any atom is 0.253 e. The topological polar surface area (TPSA) is 104 Å². The molecule has 0 radical (unpaired) electrons. The van der Waals surface area contributed by atoms with Crippen LogP contribution in [0.5, 0.6) is 5.75 Å². The zero-order valence-corrected chi connectivity index (χ0v) is 22.7. The molecule has 6 atom stereocenters. The monoisotopic (exact) mass is 548 g/mol. The molecule has 1 aromatic carbocycles. The van der Waals surface area contributed by atoms with E-state index in [9.17, 15) is 19.2 Å². The number of ether oxygens (including phenoxy) is 1. The van der Waals surface area contributed by atoms with E-state index in [0.717, 1.165) is 10.5 Å². The lowest BCUT2D eigenvalue weighted by molar-refractivity contribution is -0.146. The van der Waals surface area contributed by atoms with Gasteiger partial charge in [-0.3, -0.25) is 29.0 Å². The fraction of sp³-hybridized carbons (Fsp3) is 0.556. The summed E-state index contributed by atoms with van der Waals surface area (Å²) < 4.78 is 5.48. The molecule has 1 aromatic rings. The zero-order chi connectivity index (χ0) is 27.1. The molecule has 8 nitrogen and oxygen atoms in total. The molecule has 2 aliphatic carbocycles. The molecule has 0 spiro atoms. The second-order valence-corrected chi connectivity index (χ2v) is 12.6. The Labute approximate surface area is 225 Å². The van der Waals surface area contributed by atoms with Gasteiger partial charge in [-0.25, -0.2) is 0 Å². The third kappa shape index (κ3) is 3.45. The number of likely N-dealkylation sites (tertiary alicyclic amines) is 2. The highest BCUT2D eigenvalue weighted by Gasteiger charge is 2.76. The molecule has 5 rings (SSSR count). The van der Waals surface area contributed by atoms with Gasteiger partial charge in [-0.2, -0.15) is 0 Å². The van der Waals surface area contributed by atoms with Crippen LogP contribution in [0.4, 0.5) is 0 Å². The lowest BCUT2D eigenvalue weighted by Crippen LogP contribution is -2.60. The van der Waals surface area contributed by atoms with Crippen LogP contribution in [0.2, 0.25) is 0 Å². The molecule has 37 heavy (non-hydrogen) atoms. The molecule has 4 aliphatic rings. The standard InChI is InChI=1S/C27H30Cl2N2O6/c1-25(2,3)31-21(33)17-10-9-16-18(19(17)22(31)34)13-26(28)23(35)30(4)24(36)27(26,29)20(16)14-5-7-15(8-6-14)37-12-11-32/h5-9,17-20,32H,10-13H2,1-4H3/t17-,18+,19-,20-,26+,27-/m0/s1. The van der Waals surface area contributed by atoms with Crippen molar-refractivity contribution in [2.24, 2.45) is 17.8 Å². The van der Waals surface area contributed by atoms with E-state index >= 15 is 0 Å². The number of halogens is 2. The Morgan fingerprint density at radius 2 is 1.68 bits per heavy atom. The maximum atomic E-state index is 13.7. The van der Waals surface area contributed by atoms with Crippen molar-refractivity contribution >= 4 is 46.8 Å². The highest BCUT2D eigenvalue weighted by Crippen LogP contribution is 2.65. The van der Waals surface area contributed by atoms with Gasteiger partial charge < -0.3 is 9.84 Å². The van der Waals surface area contributed by atoms with Crippen molar-refractivity contribution in [2.75, 3.05) is 20.3 Å². The highest BCUT2D eigenvalue weighted by atomic mass is 35.5. The number of aliphatic hydroxyl groups is 1. The molecule has 0 aromatic heterocycles. The number of nitrogens with zero attached hydrogens (tertiary/aromatic N) is 2. The number of aliphatic hydroxyl groups excluding tert-OH is 1. The van der Waals surface area contributed by atoms with E-state index in [2.05, 4.69) is 0 Å². The van der Waals surface area contributed by atoms with Gasteiger partial charge in [0.15, 0.2) is 9.75 Å². The first-order valence-corrected chi connectivity index (χ1v) is 13.2. The first kappa shape index (κ1) is 26.2. The molecular formula is C27H30Cl2N2O6. The van der Waals surface area contributed by atoms with Gasteiger partial charge in [-0.15, -0.1) is 23.2 Å². The largest absolute Gasteiger partial charge is 0.491 e. The molecular weight excluding hydrogens is 519 g/mol. The second kappa shape index (κ2) is 8.55. The molecule has 4 amide bonds. The van der Waals surface area contributed by atoms with Gasteiger partial charge in [0.25, 0.3) is 11.8 Å². The van der Waals surface area contributed by atoms with Crippen LogP contribution in [-0.4, -0.2) is 74.1 Å². The van der Waals surface area contributed by atoms with Crippen molar-refractivity contribution in [1.29, 1.82) is 0 Å². The predicted molar refractivity (Wildman–Crippen MR) is 136 cm³/mol. The Bertz CT molecular complexity index is 1220. The number of benzene rings is 1. The van der Waals surface area contributed by atoms with E-state index in [4.69, 9.17) is 33.0 Å². The maximum absolute atomic E-state index is 13.7. The Kier molecular flexibility index (Phi) is 6.05. The first-order valence-electron chi connectivity index (χ1n) is 12.4. The number of allylic oxidation sites excluding steroid dienone is 2. The van der Waals surface area contributed by atoms with E-state index in [0.29, 0.717) is 17.7 Å². The van der Waals surface area contributed by atoms with Crippen LogP contribution in [0, 0.1) is 17.8 Å². The Morgan fingerprint density at radius 1 is 1.03 bits per heavy atom. The number of rotatable bonds is 4. The number of amides is 4. The first-order chi connectivity index (χ1) is 17.3. The van der Waals surface area contributed by atoms with Crippen molar-refractivity contribution in [3.05, 3.63) is 41.5 Å². The van der Waals surface area contributed by atoms with Crippen LogP contribution >= 0.6 is 23.2 Å². The number of carbonyl (C=O) groups excluding carboxylic acids is 4. The minimum atomic E-state index is -1.81. The molecule has 3 fully saturated rings. The average molecular weight is 549 g/mol. The van der Waals surface area contributed by atoms with Crippen LogP contribution in [-0.2, 0) is 19.2 Å². The summed E-state index contributed by atoms with van der Waals surface area (Å²) in [5.74, 6) is -3.76. The van der Waals surface area contributed by atoms with E-state index < -0.39 is 50.8 Å². The number of hydrogen-bond donors (Lipinski definition) is 1. The molecule has 2 saturated heterocycles. The van der Waals surface area contributed by atoms with Crippen molar-refractivity contribution in [1.82, 2.24) is 9.80 Å². The lowest BCUT2D eigenvalue weighted by atomic mass is 9.56.